The molecule has 0 bridgehead atoms. The van der Waals surface area contributed by atoms with Gasteiger partial charge in [-0.1, -0.05) is 23.7 Å². The molecule has 0 fully saturated rings. The van der Waals surface area contributed by atoms with Crippen molar-refractivity contribution in [3.8, 4) is 0 Å². The highest BCUT2D eigenvalue weighted by Gasteiger charge is 2.14. The van der Waals surface area contributed by atoms with Crippen LogP contribution < -0.4 is 10.7 Å². The number of halogens is 1. The maximum absolute atomic E-state index is 12.5. The topological polar surface area (TPSA) is 77.4 Å². The second kappa shape index (κ2) is 7.41. The van der Waals surface area contributed by atoms with Gasteiger partial charge in [0.15, 0.2) is 5.43 Å². The molecule has 0 aliphatic carbocycles. The Morgan fingerprint density at radius 3 is 2.69 bits per heavy atom. The first-order valence-electron chi connectivity index (χ1n) is 7.75. The van der Waals surface area contributed by atoms with Crippen LogP contribution in [0, 0.1) is 0 Å². The Balaban J connectivity index is 1.88. The number of methoxy groups -OCH3 is 1. The van der Waals surface area contributed by atoms with Crippen LogP contribution in [0.3, 0.4) is 0 Å². The van der Waals surface area contributed by atoms with Gasteiger partial charge in [-0.15, -0.1) is 0 Å². The normalized spacial score (nSPS) is 10.5. The predicted octanol–water partition coefficient (Wildman–Crippen LogP) is 3.08. The number of para-hydroxylation sites is 1. The van der Waals surface area contributed by atoms with Gasteiger partial charge in [-0.05, 0) is 30.3 Å². The van der Waals surface area contributed by atoms with Gasteiger partial charge < -0.3 is 14.6 Å². The zero-order chi connectivity index (χ0) is 18.7. The van der Waals surface area contributed by atoms with Crippen molar-refractivity contribution < 1.29 is 14.3 Å². The van der Waals surface area contributed by atoms with E-state index in [0.717, 1.165) is 0 Å². The maximum atomic E-state index is 12.5. The third-order valence-electron chi connectivity index (χ3n) is 3.86. The van der Waals surface area contributed by atoms with E-state index in [4.69, 9.17) is 16.3 Å². The van der Waals surface area contributed by atoms with Crippen LogP contribution in [0.25, 0.3) is 10.9 Å². The molecule has 0 aliphatic rings. The molecule has 3 rings (SSSR count). The predicted molar refractivity (Wildman–Crippen MR) is 99.6 cm³/mol. The monoisotopic (exact) mass is 370 g/mol. The summed E-state index contributed by atoms with van der Waals surface area (Å²) in [6.45, 7) is -0.0338. The summed E-state index contributed by atoms with van der Waals surface area (Å²) in [4.78, 5) is 36.2. The number of rotatable bonds is 4. The molecule has 7 heteroatoms. The van der Waals surface area contributed by atoms with Crippen molar-refractivity contribution in [2.45, 2.75) is 6.54 Å². The first kappa shape index (κ1) is 17.7. The van der Waals surface area contributed by atoms with E-state index in [-0.39, 0.29) is 23.4 Å². The molecule has 1 amide bonds. The smallest absolute Gasteiger partial charge is 0.339 e. The molecule has 1 N–H and O–H groups in total. The molecule has 132 valence electrons. The van der Waals surface area contributed by atoms with Gasteiger partial charge in [-0.2, -0.15) is 0 Å². The molecule has 1 heterocycles. The van der Waals surface area contributed by atoms with Gasteiger partial charge in [0.2, 0.25) is 5.91 Å². The number of anilines is 1. The largest absolute Gasteiger partial charge is 0.465 e. The molecule has 0 atom stereocenters. The minimum atomic E-state index is -0.538. The lowest BCUT2D eigenvalue weighted by Crippen LogP contribution is -2.21. The van der Waals surface area contributed by atoms with Gasteiger partial charge in [0.1, 0.15) is 6.54 Å². The molecule has 3 aromatic rings. The summed E-state index contributed by atoms with van der Waals surface area (Å²) in [6.07, 6.45) is 1.55. The lowest BCUT2D eigenvalue weighted by molar-refractivity contribution is -0.116. The van der Waals surface area contributed by atoms with Gasteiger partial charge in [-0.25, -0.2) is 4.79 Å². The Morgan fingerprint density at radius 2 is 1.92 bits per heavy atom. The van der Waals surface area contributed by atoms with Crippen molar-refractivity contribution in [1.82, 2.24) is 4.57 Å². The number of aromatic nitrogens is 1. The van der Waals surface area contributed by atoms with Crippen molar-refractivity contribution in [2.75, 3.05) is 12.4 Å². The highest BCUT2D eigenvalue weighted by molar-refractivity contribution is 6.31. The number of pyridine rings is 1. The highest BCUT2D eigenvalue weighted by atomic mass is 35.5. The maximum Gasteiger partial charge on any atom is 0.339 e. The zero-order valence-corrected chi connectivity index (χ0v) is 14.6. The Bertz CT molecular complexity index is 1060. The third-order valence-corrected chi connectivity index (χ3v) is 4.09. The second-order valence-electron chi connectivity index (χ2n) is 5.55. The number of hydrogen-bond acceptors (Lipinski definition) is 4. The summed E-state index contributed by atoms with van der Waals surface area (Å²) in [5, 5.41) is 3.58. The molecule has 1 aromatic heterocycles. The number of amides is 1. The minimum absolute atomic E-state index is 0.0338. The molecule has 26 heavy (non-hydrogen) atoms. The molecule has 0 unspecified atom stereocenters. The van der Waals surface area contributed by atoms with E-state index in [2.05, 4.69) is 5.32 Å². The van der Waals surface area contributed by atoms with Crippen molar-refractivity contribution in [1.29, 1.82) is 0 Å². The summed E-state index contributed by atoms with van der Waals surface area (Å²) in [7, 11) is 1.28. The van der Waals surface area contributed by atoms with Crippen LogP contribution in [0.2, 0.25) is 5.02 Å². The Hall–Kier alpha value is -3.12. The summed E-state index contributed by atoms with van der Waals surface area (Å²) < 4.78 is 6.36. The van der Waals surface area contributed by atoms with E-state index < -0.39 is 5.97 Å². The highest BCUT2D eigenvalue weighted by Crippen LogP contribution is 2.18. The van der Waals surface area contributed by atoms with Crippen molar-refractivity contribution >= 4 is 40.1 Å². The number of ether oxygens (including phenoxy) is 1. The number of fused-ring (bicyclic) bond motifs is 1. The van der Waals surface area contributed by atoms with Crippen molar-refractivity contribution in [2.24, 2.45) is 0 Å². The number of carbonyl (C=O) groups excluding carboxylic acids is 2. The van der Waals surface area contributed by atoms with E-state index in [1.54, 1.807) is 53.2 Å². The molecular weight excluding hydrogens is 356 g/mol. The van der Waals surface area contributed by atoms with Crippen LogP contribution in [-0.4, -0.2) is 23.6 Å². The number of nitrogens with one attached hydrogen (secondary N) is 1. The molecule has 0 saturated heterocycles. The van der Waals surface area contributed by atoms with Crippen LogP contribution in [-0.2, 0) is 16.1 Å². The SMILES string of the molecule is COC(=O)c1ccccc1NC(=O)Cn1ccc(=O)c2cc(Cl)ccc21. The van der Waals surface area contributed by atoms with Gasteiger partial charge in [0.25, 0.3) is 0 Å². The quantitative estimate of drug-likeness (QED) is 0.716. The Morgan fingerprint density at radius 1 is 1.15 bits per heavy atom. The fourth-order valence-electron chi connectivity index (χ4n) is 2.65. The van der Waals surface area contributed by atoms with Crippen LogP contribution in [0.1, 0.15) is 10.4 Å². The lowest BCUT2D eigenvalue weighted by atomic mass is 10.1. The molecule has 0 aliphatic heterocycles. The van der Waals surface area contributed by atoms with Crippen LogP contribution in [0.15, 0.2) is 59.5 Å². The van der Waals surface area contributed by atoms with E-state index >= 15 is 0 Å². The van der Waals surface area contributed by atoms with Crippen molar-refractivity contribution in [3.63, 3.8) is 0 Å². The Labute approximate surface area is 154 Å². The summed E-state index contributed by atoms with van der Waals surface area (Å²) in [5.41, 5.74) is 1.05. The van der Waals surface area contributed by atoms with Crippen molar-refractivity contribution in [3.05, 3.63) is 75.5 Å². The molecule has 0 saturated carbocycles. The number of carbonyl (C=O) groups is 2. The van der Waals surface area contributed by atoms with E-state index in [0.29, 0.717) is 21.6 Å². The van der Waals surface area contributed by atoms with Gasteiger partial charge in [-0.3, -0.25) is 9.59 Å². The number of esters is 1. The second-order valence-corrected chi connectivity index (χ2v) is 5.99. The average molecular weight is 371 g/mol. The third kappa shape index (κ3) is 3.60. The molecule has 0 spiro atoms. The fourth-order valence-corrected chi connectivity index (χ4v) is 2.82. The molecule has 2 aromatic carbocycles. The van der Waals surface area contributed by atoms with E-state index in [1.165, 1.54) is 13.2 Å². The van der Waals surface area contributed by atoms with E-state index in [9.17, 15) is 14.4 Å². The van der Waals surface area contributed by atoms with Crippen LogP contribution in [0.4, 0.5) is 5.69 Å². The zero-order valence-electron chi connectivity index (χ0n) is 13.9. The molecule has 0 radical (unpaired) electrons. The summed E-state index contributed by atoms with van der Waals surface area (Å²) in [6, 6.07) is 12.9. The number of hydrogen-bond donors (Lipinski definition) is 1. The fraction of sp³-hybridized carbons (Fsp3) is 0.105. The molecule has 6 nitrogen and oxygen atoms in total. The first-order valence-corrected chi connectivity index (χ1v) is 8.13. The van der Waals surface area contributed by atoms with Gasteiger partial charge in [0, 0.05) is 22.7 Å². The minimum Gasteiger partial charge on any atom is -0.465 e. The number of benzene rings is 2. The van der Waals surface area contributed by atoms with E-state index in [1.807, 2.05) is 0 Å². The van der Waals surface area contributed by atoms with Crippen LogP contribution in [0.5, 0.6) is 0 Å². The lowest BCUT2D eigenvalue weighted by Gasteiger charge is -2.13. The summed E-state index contributed by atoms with van der Waals surface area (Å²) in [5.74, 6) is -0.884. The first-order chi connectivity index (χ1) is 12.5. The van der Waals surface area contributed by atoms with Crippen LogP contribution >= 0.6 is 11.6 Å². The average Bonchev–Trinajstić information content (AvgIpc) is 2.64. The number of nitrogens with zero attached hydrogens (tertiary/aromatic N) is 1. The molecular formula is C19H15ClN2O4. The Kier molecular flexibility index (Phi) is 5.04. The standard InChI is InChI=1S/C19H15ClN2O4/c1-26-19(25)13-4-2-3-5-15(13)21-18(24)11-22-9-8-17(23)14-10-12(20)6-7-16(14)22/h2-10H,11H2,1H3,(H,21,24). The summed E-state index contributed by atoms with van der Waals surface area (Å²) >= 11 is 5.95. The van der Waals surface area contributed by atoms with Gasteiger partial charge in [0.05, 0.1) is 23.9 Å². The van der Waals surface area contributed by atoms with Gasteiger partial charge >= 0.3 is 5.97 Å².